The standard InChI is InChI=1S/C22H27FN2O3/c1-4-28-22(27)18-9-7-11-24(13-18)21(26)20-15(2)12-16(3)25(20)14-17-8-5-6-10-19(17)23/h5-6,8,10,12,18H,4,7,9,11,13-14H2,1-3H3/t18-/m0/s1. The molecule has 0 saturated carbocycles. The minimum Gasteiger partial charge on any atom is -0.466 e. The highest BCUT2D eigenvalue weighted by atomic mass is 19.1. The van der Waals surface area contributed by atoms with Crippen LogP contribution in [-0.2, 0) is 16.1 Å². The van der Waals surface area contributed by atoms with Crippen LogP contribution in [0.25, 0.3) is 0 Å². The largest absolute Gasteiger partial charge is 0.466 e. The molecule has 0 radical (unpaired) electrons. The first kappa shape index (κ1) is 20.1. The first-order valence-corrected chi connectivity index (χ1v) is 9.78. The normalized spacial score (nSPS) is 16.9. The van der Waals surface area contributed by atoms with Crippen molar-refractivity contribution in [2.45, 2.75) is 40.2 Å². The Kier molecular flexibility index (Phi) is 6.17. The number of hydrogen-bond acceptors (Lipinski definition) is 3. The van der Waals surface area contributed by atoms with Gasteiger partial charge >= 0.3 is 5.97 Å². The zero-order valence-electron chi connectivity index (χ0n) is 16.7. The fraction of sp³-hybridized carbons (Fsp3) is 0.455. The number of esters is 1. The number of piperidine rings is 1. The summed E-state index contributed by atoms with van der Waals surface area (Å²) in [5.74, 6) is -0.924. The molecule has 0 spiro atoms. The number of carbonyl (C=O) groups excluding carboxylic acids is 2. The van der Waals surface area contributed by atoms with E-state index in [0.29, 0.717) is 37.5 Å². The Bertz CT molecular complexity index is 875. The summed E-state index contributed by atoms with van der Waals surface area (Å²) in [6.45, 7) is 7.20. The number of benzene rings is 1. The van der Waals surface area contributed by atoms with Gasteiger partial charge in [-0.1, -0.05) is 18.2 Å². The lowest BCUT2D eigenvalue weighted by atomic mass is 9.97. The summed E-state index contributed by atoms with van der Waals surface area (Å²) < 4.78 is 21.2. The molecule has 1 amide bonds. The first-order valence-electron chi connectivity index (χ1n) is 9.78. The van der Waals surface area contributed by atoms with Gasteiger partial charge in [0.15, 0.2) is 0 Å². The van der Waals surface area contributed by atoms with Crippen molar-refractivity contribution in [2.75, 3.05) is 19.7 Å². The third-order valence-corrected chi connectivity index (χ3v) is 5.31. The molecule has 1 atom stereocenters. The molecule has 1 fully saturated rings. The van der Waals surface area contributed by atoms with Gasteiger partial charge in [-0.25, -0.2) is 4.39 Å². The van der Waals surface area contributed by atoms with Crippen molar-refractivity contribution in [1.29, 1.82) is 0 Å². The van der Waals surface area contributed by atoms with Crippen molar-refractivity contribution in [3.05, 3.63) is 58.7 Å². The van der Waals surface area contributed by atoms with Crippen molar-refractivity contribution in [3.8, 4) is 0 Å². The molecule has 0 unspecified atom stereocenters. The zero-order chi connectivity index (χ0) is 20.3. The zero-order valence-corrected chi connectivity index (χ0v) is 16.7. The van der Waals surface area contributed by atoms with E-state index in [1.165, 1.54) is 6.07 Å². The predicted molar refractivity (Wildman–Crippen MR) is 105 cm³/mol. The molecule has 1 aliphatic rings. The van der Waals surface area contributed by atoms with Gasteiger partial charge in [0.05, 0.1) is 19.1 Å². The van der Waals surface area contributed by atoms with E-state index >= 15 is 0 Å². The number of halogens is 1. The van der Waals surface area contributed by atoms with E-state index in [1.807, 2.05) is 24.5 Å². The Morgan fingerprint density at radius 1 is 1.25 bits per heavy atom. The van der Waals surface area contributed by atoms with Crippen LogP contribution in [0.2, 0.25) is 0 Å². The molecule has 0 bridgehead atoms. The Morgan fingerprint density at radius 2 is 2.00 bits per heavy atom. The SMILES string of the molecule is CCOC(=O)[C@H]1CCCN(C(=O)c2c(C)cc(C)n2Cc2ccccc2F)C1. The fourth-order valence-corrected chi connectivity index (χ4v) is 3.90. The topological polar surface area (TPSA) is 51.5 Å². The van der Waals surface area contributed by atoms with Gasteiger partial charge in [0.25, 0.3) is 5.91 Å². The number of carbonyl (C=O) groups is 2. The van der Waals surface area contributed by atoms with Crippen LogP contribution < -0.4 is 0 Å². The lowest BCUT2D eigenvalue weighted by molar-refractivity contribution is -0.149. The number of ether oxygens (including phenoxy) is 1. The second-order valence-electron chi connectivity index (χ2n) is 7.34. The summed E-state index contributed by atoms with van der Waals surface area (Å²) in [6.07, 6.45) is 1.50. The summed E-state index contributed by atoms with van der Waals surface area (Å²) in [5.41, 5.74) is 2.86. The second kappa shape index (κ2) is 8.59. The molecule has 3 rings (SSSR count). The maximum absolute atomic E-state index is 14.2. The molecule has 2 aromatic rings. The number of aryl methyl sites for hydroxylation is 2. The van der Waals surface area contributed by atoms with E-state index in [2.05, 4.69) is 0 Å². The molecular weight excluding hydrogens is 359 g/mol. The van der Waals surface area contributed by atoms with Crippen LogP contribution in [0.5, 0.6) is 0 Å². The molecule has 1 saturated heterocycles. The molecule has 150 valence electrons. The van der Waals surface area contributed by atoms with Crippen molar-refractivity contribution in [1.82, 2.24) is 9.47 Å². The first-order chi connectivity index (χ1) is 13.4. The van der Waals surface area contributed by atoms with Gasteiger partial charge in [0, 0.05) is 24.3 Å². The molecule has 2 heterocycles. The number of likely N-dealkylation sites (tertiary alicyclic amines) is 1. The second-order valence-corrected chi connectivity index (χ2v) is 7.34. The van der Waals surface area contributed by atoms with Crippen LogP contribution in [0.1, 0.15) is 47.1 Å². The van der Waals surface area contributed by atoms with E-state index in [9.17, 15) is 14.0 Å². The molecule has 6 heteroatoms. The summed E-state index contributed by atoms with van der Waals surface area (Å²) >= 11 is 0. The lowest BCUT2D eigenvalue weighted by Crippen LogP contribution is -2.43. The number of amides is 1. The maximum Gasteiger partial charge on any atom is 0.310 e. The molecule has 0 N–H and O–H groups in total. The predicted octanol–water partition coefficient (Wildman–Crippen LogP) is 3.71. The average Bonchev–Trinajstić information content (AvgIpc) is 2.96. The molecule has 0 aliphatic carbocycles. The van der Waals surface area contributed by atoms with E-state index in [-0.39, 0.29) is 23.6 Å². The van der Waals surface area contributed by atoms with E-state index in [0.717, 1.165) is 24.1 Å². The smallest absolute Gasteiger partial charge is 0.310 e. The third-order valence-electron chi connectivity index (χ3n) is 5.31. The Balaban J connectivity index is 1.86. The van der Waals surface area contributed by atoms with Crippen LogP contribution >= 0.6 is 0 Å². The summed E-state index contributed by atoms with van der Waals surface area (Å²) in [7, 11) is 0. The van der Waals surface area contributed by atoms with Crippen LogP contribution in [0.15, 0.2) is 30.3 Å². The Labute approximate surface area is 165 Å². The van der Waals surface area contributed by atoms with Gasteiger partial charge in [-0.2, -0.15) is 0 Å². The molecule has 5 nitrogen and oxygen atoms in total. The van der Waals surface area contributed by atoms with Gasteiger partial charge in [0.1, 0.15) is 11.5 Å². The molecule has 1 aliphatic heterocycles. The lowest BCUT2D eigenvalue weighted by Gasteiger charge is -2.32. The monoisotopic (exact) mass is 386 g/mol. The number of rotatable bonds is 5. The highest BCUT2D eigenvalue weighted by molar-refractivity contribution is 5.95. The summed E-state index contributed by atoms with van der Waals surface area (Å²) in [6, 6.07) is 8.55. The van der Waals surface area contributed by atoms with Crippen LogP contribution in [0, 0.1) is 25.6 Å². The quantitative estimate of drug-likeness (QED) is 0.736. The minimum absolute atomic E-state index is 0.115. The highest BCUT2D eigenvalue weighted by Crippen LogP contribution is 2.24. The highest BCUT2D eigenvalue weighted by Gasteiger charge is 2.31. The molecule has 28 heavy (non-hydrogen) atoms. The number of nitrogens with zero attached hydrogens (tertiary/aromatic N) is 2. The Hall–Kier alpha value is -2.63. The maximum atomic E-state index is 14.2. The van der Waals surface area contributed by atoms with Crippen LogP contribution in [0.3, 0.4) is 0 Å². The van der Waals surface area contributed by atoms with Gasteiger partial charge in [-0.05, 0) is 51.3 Å². The van der Waals surface area contributed by atoms with Crippen molar-refractivity contribution >= 4 is 11.9 Å². The number of aromatic nitrogens is 1. The molecule has 1 aromatic carbocycles. The summed E-state index contributed by atoms with van der Waals surface area (Å²) in [4.78, 5) is 27.2. The summed E-state index contributed by atoms with van der Waals surface area (Å²) in [5, 5.41) is 0. The van der Waals surface area contributed by atoms with Crippen molar-refractivity contribution in [3.63, 3.8) is 0 Å². The van der Waals surface area contributed by atoms with Gasteiger partial charge in [-0.3, -0.25) is 9.59 Å². The average molecular weight is 386 g/mol. The van der Waals surface area contributed by atoms with E-state index in [4.69, 9.17) is 4.74 Å². The minimum atomic E-state index is -0.285. The van der Waals surface area contributed by atoms with Crippen LogP contribution in [-0.4, -0.2) is 41.0 Å². The third kappa shape index (κ3) is 4.11. The van der Waals surface area contributed by atoms with E-state index < -0.39 is 0 Å². The Morgan fingerprint density at radius 3 is 2.71 bits per heavy atom. The van der Waals surface area contributed by atoms with E-state index in [1.54, 1.807) is 30.0 Å². The van der Waals surface area contributed by atoms with Gasteiger partial charge < -0.3 is 14.2 Å². The van der Waals surface area contributed by atoms with Crippen molar-refractivity contribution < 1.29 is 18.7 Å². The molecular formula is C22H27FN2O3. The van der Waals surface area contributed by atoms with Crippen molar-refractivity contribution in [2.24, 2.45) is 5.92 Å². The fourth-order valence-electron chi connectivity index (χ4n) is 3.90. The van der Waals surface area contributed by atoms with Gasteiger partial charge in [0.2, 0.25) is 0 Å². The molecule has 1 aromatic heterocycles. The van der Waals surface area contributed by atoms with Gasteiger partial charge in [-0.15, -0.1) is 0 Å². The van der Waals surface area contributed by atoms with Crippen LogP contribution in [0.4, 0.5) is 4.39 Å². The number of hydrogen-bond donors (Lipinski definition) is 0.